The molecular formula is C23H24N2O3S2. The van der Waals surface area contributed by atoms with Crippen LogP contribution in [0.3, 0.4) is 0 Å². The van der Waals surface area contributed by atoms with E-state index in [1.165, 1.54) is 11.8 Å². The zero-order chi connectivity index (χ0) is 21.7. The highest BCUT2D eigenvalue weighted by Crippen LogP contribution is 2.26. The Morgan fingerprint density at radius 3 is 2.20 bits per heavy atom. The van der Waals surface area contributed by atoms with Gasteiger partial charge in [0.1, 0.15) is 6.54 Å². The van der Waals surface area contributed by atoms with Crippen LogP contribution in [0, 0.1) is 13.8 Å². The molecule has 0 unspecified atom stereocenters. The second kappa shape index (κ2) is 9.36. The summed E-state index contributed by atoms with van der Waals surface area (Å²) in [6.45, 7) is 3.52. The quantitative estimate of drug-likeness (QED) is 0.533. The number of carbonyl (C=O) groups excluding carboxylic acids is 1. The van der Waals surface area contributed by atoms with E-state index in [0.29, 0.717) is 11.4 Å². The number of rotatable bonds is 7. The van der Waals surface area contributed by atoms with Gasteiger partial charge in [0.15, 0.2) is 0 Å². The Bertz CT molecular complexity index is 1130. The molecule has 0 saturated carbocycles. The Hall–Kier alpha value is -2.77. The summed E-state index contributed by atoms with van der Waals surface area (Å²) >= 11 is 1.53. The van der Waals surface area contributed by atoms with Gasteiger partial charge in [0.25, 0.3) is 10.0 Å². The second-order valence-electron chi connectivity index (χ2n) is 6.94. The number of hydrogen-bond acceptors (Lipinski definition) is 4. The largest absolute Gasteiger partial charge is 0.325 e. The molecular weight excluding hydrogens is 416 g/mol. The van der Waals surface area contributed by atoms with Crippen molar-refractivity contribution in [3.63, 3.8) is 0 Å². The summed E-state index contributed by atoms with van der Waals surface area (Å²) < 4.78 is 27.9. The summed E-state index contributed by atoms with van der Waals surface area (Å²) in [5, 5.41) is 2.79. The van der Waals surface area contributed by atoms with Crippen molar-refractivity contribution in [1.29, 1.82) is 0 Å². The van der Waals surface area contributed by atoms with Crippen LogP contribution in [0.5, 0.6) is 0 Å². The van der Waals surface area contributed by atoms with Crippen LogP contribution in [-0.2, 0) is 14.8 Å². The summed E-state index contributed by atoms with van der Waals surface area (Å²) in [7, 11) is -3.92. The SMILES string of the molecule is CSc1ccc(S(=O)(=O)N(CC(=O)Nc2cccc(C)c2)c2ccc(C)cc2)cc1. The first-order valence-corrected chi connectivity index (χ1v) is 12.1. The van der Waals surface area contributed by atoms with E-state index in [4.69, 9.17) is 0 Å². The standard InChI is InChI=1S/C23H24N2O3S2/c1-17-7-9-20(10-8-17)25(16-23(26)24-19-6-4-5-18(2)15-19)30(27,28)22-13-11-21(29-3)12-14-22/h4-15H,16H2,1-3H3,(H,24,26). The van der Waals surface area contributed by atoms with Gasteiger partial charge in [-0.15, -0.1) is 11.8 Å². The normalized spacial score (nSPS) is 11.2. The van der Waals surface area contributed by atoms with E-state index in [9.17, 15) is 13.2 Å². The molecule has 0 heterocycles. The molecule has 7 heteroatoms. The summed E-state index contributed by atoms with van der Waals surface area (Å²) in [5.74, 6) is -0.412. The molecule has 0 aliphatic heterocycles. The third kappa shape index (κ3) is 5.23. The average Bonchev–Trinajstić information content (AvgIpc) is 2.73. The van der Waals surface area contributed by atoms with Gasteiger partial charge < -0.3 is 5.32 Å². The lowest BCUT2D eigenvalue weighted by Gasteiger charge is -2.24. The summed E-state index contributed by atoms with van der Waals surface area (Å²) in [6.07, 6.45) is 1.93. The van der Waals surface area contributed by atoms with Crippen molar-refractivity contribution in [2.75, 3.05) is 22.4 Å². The lowest BCUT2D eigenvalue weighted by Crippen LogP contribution is -2.38. The Morgan fingerprint density at radius 1 is 0.933 bits per heavy atom. The molecule has 0 radical (unpaired) electrons. The molecule has 0 aliphatic rings. The first-order valence-electron chi connectivity index (χ1n) is 9.39. The maximum atomic E-state index is 13.4. The van der Waals surface area contributed by atoms with Crippen molar-refractivity contribution in [3.05, 3.63) is 83.9 Å². The molecule has 1 N–H and O–H groups in total. The molecule has 5 nitrogen and oxygen atoms in total. The molecule has 0 saturated heterocycles. The summed E-state index contributed by atoms with van der Waals surface area (Å²) in [5.41, 5.74) is 3.08. The predicted octanol–water partition coefficient (Wildman–Crippen LogP) is 4.86. The first kappa shape index (κ1) is 21.9. The highest BCUT2D eigenvalue weighted by atomic mass is 32.2. The molecule has 3 aromatic carbocycles. The van der Waals surface area contributed by atoms with Crippen molar-refractivity contribution >= 4 is 39.1 Å². The minimum Gasteiger partial charge on any atom is -0.325 e. The van der Waals surface area contributed by atoms with Crippen molar-refractivity contribution < 1.29 is 13.2 Å². The van der Waals surface area contributed by atoms with Crippen molar-refractivity contribution in [2.24, 2.45) is 0 Å². The number of carbonyl (C=O) groups is 1. The van der Waals surface area contributed by atoms with Crippen LogP contribution in [-0.4, -0.2) is 27.1 Å². The molecule has 1 amide bonds. The molecule has 3 aromatic rings. The van der Waals surface area contributed by atoms with Crippen molar-refractivity contribution in [2.45, 2.75) is 23.6 Å². The van der Waals surface area contributed by atoms with Crippen LogP contribution in [0.15, 0.2) is 82.6 Å². The molecule has 30 heavy (non-hydrogen) atoms. The fourth-order valence-electron chi connectivity index (χ4n) is 2.95. The number of hydrogen-bond donors (Lipinski definition) is 1. The lowest BCUT2D eigenvalue weighted by molar-refractivity contribution is -0.114. The third-order valence-electron chi connectivity index (χ3n) is 4.56. The van der Waals surface area contributed by atoms with Gasteiger partial charge in [0.05, 0.1) is 10.6 Å². The van der Waals surface area contributed by atoms with Crippen LogP contribution in [0.2, 0.25) is 0 Å². The molecule has 156 valence electrons. The number of aryl methyl sites for hydroxylation is 2. The Morgan fingerprint density at radius 2 is 1.60 bits per heavy atom. The maximum absolute atomic E-state index is 13.4. The molecule has 0 aliphatic carbocycles. The van der Waals surface area contributed by atoms with E-state index < -0.39 is 15.9 Å². The van der Waals surface area contributed by atoms with E-state index in [1.54, 1.807) is 42.5 Å². The van der Waals surface area contributed by atoms with E-state index >= 15 is 0 Å². The van der Waals surface area contributed by atoms with Gasteiger partial charge in [-0.3, -0.25) is 9.10 Å². The minimum absolute atomic E-state index is 0.143. The van der Waals surface area contributed by atoms with Gasteiger partial charge in [-0.1, -0.05) is 29.8 Å². The van der Waals surface area contributed by atoms with Gasteiger partial charge in [-0.25, -0.2) is 8.42 Å². The predicted molar refractivity (Wildman–Crippen MR) is 124 cm³/mol. The van der Waals surface area contributed by atoms with Crippen LogP contribution in [0.4, 0.5) is 11.4 Å². The fourth-order valence-corrected chi connectivity index (χ4v) is 4.78. The van der Waals surface area contributed by atoms with E-state index in [2.05, 4.69) is 5.32 Å². The summed E-state index contributed by atoms with van der Waals surface area (Å²) in [4.78, 5) is 13.8. The highest BCUT2D eigenvalue weighted by molar-refractivity contribution is 7.98. The monoisotopic (exact) mass is 440 g/mol. The number of nitrogens with zero attached hydrogens (tertiary/aromatic N) is 1. The van der Waals surface area contributed by atoms with E-state index in [1.807, 2.05) is 50.4 Å². The van der Waals surface area contributed by atoms with Gasteiger partial charge in [0.2, 0.25) is 5.91 Å². The average molecular weight is 441 g/mol. The van der Waals surface area contributed by atoms with Crippen LogP contribution in [0.25, 0.3) is 0 Å². The minimum atomic E-state index is -3.92. The first-order chi connectivity index (χ1) is 14.3. The Balaban J connectivity index is 1.93. The zero-order valence-corrected chi connectivity index (χ0v) is 18.8. The number of thioether (sulfide) groups is 1. The number of benzene rings is 3. The van der Waals surface area contributed by atoms with E-state index in [-0.39, 0.29) is 11.4 Å². The molecule has 0 bridgehead atoms. The number of nitrogens with one attached hydrogen (secondary N) is 1. The van der Waals surface area contributed by atoms with Crippen LogP contribution < -0.4 is 9.62 Å². The Labute approximate surface area is 182 Å². The van der Waals surface area contributed by atoms with Gasteiger partial charge in [-0.05, 0) is 74.2 Å². The smallest absolute Gasteiger partial charge is 0.264 e. The summed E-state index contributed by atoms with van der Waals surface area (Å²) in [6, 6.07) is 21.1. The van der Waals surface area contributed by atoms with Crippen LogP contribution >= 0.6 is 11.8 Å². The van der Waals surface area contributed by atoms with Crippen molar-refractivity contribution in [3.8, 4) is 0 Å². The zero-order valence-electron chi connectivity index (χ0n) is 17.1. The second-order valence-corrected chi connectivity index (χ2v) is 9.68. The van der Waals surface area contributed by atoms with Gasteiger partial charge >= 0.3 is 0 Å². The van der Waals surface area contributed by atoms with Gasteiger partial charge in [-0.2, -0.15) is 0 Å². The fraction of sp³-hybridized carbons (Fsp3) is 0.174. The molecule has 0 spiro atoms. The number of anilines is 2. The lowest BCUT2D eigenvalue weighted by atomic mass is 10.2. The maximum Gasteiger partial charge on any atom is 0.264 e. The number of sulfonamides is 1. The molecule has 0 aromatic heterocycles. The number of amides is 1. The van der Waals surface area contributed by atoms with E-state index in [0.717, 1.165) is 20.3 Å². The molecule has 0 fully saturated rings. The van der Waals surface area contributed by atoms with Gasteiger partial charge in [0, 0.05) is 10.6 Å². The van der Waals surface area contributed by atoms with Crippen LogP contribution in [0.1, 0.15) is 11.1 Å². The molecule has 3 rings (SSSR count). The van der Waals surface area contributed by atoms with Crippen molar-refractivity contribution in [1.82, 2.24) is 0 Å². The Kier molecular flexibility index (Phi) is 6.84. The highest BCUT2D eigenvalue weighted by Gasteiger charge is 2.27. The third-order valence-corrected chi connectivity index (χ3v) is 7.09. The molecule has 0 atom stereocenters. The topological polar surface area (TPSA) is 66.5 Å².